The van der Waals surface area contributed by atoms with Gasteiger partial charge in [0.1, 0.15) is 5.65 Å². The minimum absolute atomic E-state index is 0.478. The maximum absolute atomic E-state index is 6.28. The van der Waals surface area contributed by atoms with Crippen molar-refractivity contribution in [2.45, 2.75) is 13.3 Å². The largest absolute Gasteiger partial charge is 0.345 e. The van der Waals surface area contributed by atoms with E-state index in [4.69, 9.17) is 11.6 Å². The first-order chi connectivity index (χ1) is 12.2. The van der Waals surface area contributed by atoms with E-state index in [9.17, 15) is 0 Å². The monoisotopic (exact) mass is 351 g/mol. The molecule has 126 valence electrons. The number of hydrogen-bond donors (Lipinski definition) is 2. The number of hydrogen-bond acceptors (Lipinski definition) is 4. The zero-order valence-corrected chi connectivity index (χ0v) is 14.6. The average molecular weight is 352 g/mol. The lowest BCUT2D eigenvalue weighted by Gasteiger charge is -2.09. The highest BCUT2D eigenvalue weighted by Gasteiger charge is 2.10. The van der Waals surface area contributed by atoms with Gasteiger partial charge < -0.3 is 10.3 Å². The van der Waals surface area contributed by atoms with Crippen LogP contribution < -0.4 is 5.32 Å². The fourth-order valence-corrected chi connectivity index (χ4v) is 2.68. The van der Waals surface area contributed by atoms with Crippen molar-refractivity contribution in [2.24, 2.45) is 0 Å². The first kappa shape index (κ1) is 16.9. The summed E-state index contributed by atoms with van der Waals surface area (Å²) in [4.78, 5) is 16.4. The second kappa shape index (κ2) is 7.77. The summed E-state index contributed by atoms with van der Waals surface area (Å²) in [5.41, 5.74) is 3.36. The number of nitrogens with one attached hydrogen (secondary N) is 2. The molecule has 0 aromatic carbocycles. The first-order valence-corrected chi connectivity index (χ1v) is 8.32. The van der Waals surface area contributed by atoms with Gasteiger partial charge >= 0.3 is 0 Å². The van der Waals surface area contributed by atoms with Crippen LogP contribution in [0.1, 0.15) is 13.3 Å². The smallest absolute Gasteiger partial charge is 0.227 e. The Balaban J connectivity index is 1.95. The van der Waals surface area contributed by atoms with Gasteiger partial charge in [-0.2, -0.15) is 0 Å². The molecule has 0 bridgehead atoms. The van der Waals surface area contributed by atoms with Gasteiger partial charge in [-0.3, -0.25) is 0 Å². The maximum atomic E-state index is 6.28. The highest BCUT2D eigenvalue weighted by Crippen LogP contribution is 2.26. The van der Waals surface area contributed by atoms with Gasteiger partial charge in [0.25, 0.3) is 0 Å². The van der Waals surface area contributed by atoms with E-state index in [-0.39, 0.29) is 0 Å². The summed E-state index contributed by atoms with van der Waals surface area (Å²) in [7, 11) is 0. The third-order valence-electron chi connectivity index (χ3n) is 3.56. The van der Waals surface area contributed by atoms with Crippen molar-refractivity contribution >= 4 is 28.6 Å². The van der Waals surface area contributed by atoms with E-state index >= 15 is 0 Å². The molecule has 25 heavy (non-hydrogen) atoms. The van der Waals surface area contributed by atoms with Crippen LogP contribution in [0.25, 0.3) is 22.3 Å². The van der Waals surface area contributed by atoms with Crippen LogP contribution in [0.3, 0.4) is 0 Å². The predicted molar refractivity (Wildman–Crippen MR) is 103 cm³/mol. The second-order valence-electron chi connectivity index (χ2n) is 5.27. The lowest BCUT2D eigenvalue weighted by molar-refractivity contribution is 1.13. The Labute approximate surface area is 151 Å². The molecule has 0 aliphatic carbocycles. The van der Waals surface area contributed by atoms with Crippen LogP contribution in [-0.2, 0) is 0 Å². The molecule has 6 heteroatoms. The molecule has 3 aromatic rings. The normalized spacial score (nSPS) is 12.4. The van der Waals surface area contributed by atoms with Crippen LogP contribution in [0.5, 0.6) is 0 Å². The molecule has 0 amide bonds. The molecule has 5 nitrogen and oxygen atoms in total. The molecule has 3 heterocycles. The highest BCUT2D eigenvalue weighted by molar-refractivity contribution is 6.32. The third-order valence-corrected chi connectivity index (χ3v) is 3.89. The molecular weight excluding hydrogens is 334 g/mol. The van der Waals surface area contributed by atoms with Crippen LogP contribution >= 0.6 is 11.6 Å². The predicted octanol–water partition coefficient (Wildman–Crippen LogP) is 5.03. The van der Waals surface area contributed by atoms with Crippen molar-refractivity contribution in [3.8, 4) is 11.3 Å². The fourth-order valence-electron chi connectivity index (χ4n) is 2.46. The van der Waals surface area contributed by atoms with Gasteiger partial charge in [-0.05, 0) is 30.7 Å². The van der Waals surface area contributed by atoms with E-state index in [0.717, 1.165) is 34.4 Å². The fraction of sp³-hybridized carbons (Fsp3) is 0.105. The van der Waals surface area contributed by atoms with Crippen molar-refractivity contribution in [1.29, 1.82) is 0 Å². The topological polar surface area (TPSA) is 66.5 Å². The average Bonchev–Trinajstić information content (AvgIpc) is 3.06. The summed E-state index contributed by atoms with van der Waals surface area (Å²) in [6.07, 6.45) is 11.6. The number of fused-ring (bicyclic) bond motifs is 1. The zero-order chi connectivity index (χ0) is 17.6. The van der Waals surface area contributed by atoms with E-state index in [1.54, 1.807) is 24.5 Å². The first-order valence-electron chi connectivity index (χ1n) is 7.94. The second-order valence-corrected chi connectivity index (χ2v) is 5.68. The molecule has 3 aromatic heterocycles. The lowest BCUT2D eigenvalue weighted by atomic mass is 10.1. The number of H-pyrrole nitrogens is 1. The van der Waals surface area contributed by atoms with Crippen molar-refractivity contribution in [2.75, 3.05) is 5.32 Å². The standard InChI is InChI=1S/C19H18ClN5/c1-3-6-15(20)17(7-4-2)25-19-22-11-9-16(24-19)14-12-23-18-13(14)8-5-10-21-18/h3,5-12H,1,4H2,2H3,(H,21,23)(H,22,24,25)/b15-6+,17-7+. The number of rotatable bonds is 6. The summed E-state index contributed by atoms with van der Waals surface area (Å²) < 4.78 is 0. The van der Waals surface area contributed by atoms with E-state index in [1.807, 2.05) is 37.4 Å². The molecule has 0 saturated heterocycles. The van der Waals surface area contributed by atoms with Gasteiger partial charge in [0.15, 0.2) is 0 Å². The van der Waals surface area contributed by atoms with Gasteiger partial charge in [-0.15, -0.1) is 0 Å². The van der Waals surface area contributed by atoms with E-state index in [1.165, 1.54) is 0 Å². The zero-order valence-electron chi connectivity index (χ0n) is 13.8. The molecule has 2 N–H and O–H groups in total. The quantitative estimate of drug-likeness (QED) is 0.611. The molecule has 0 fully saturated rings. The molecule has 0 aliphatic heterocycles. The number of allylic oxidation sites excluding steroid dienone is 4. The molecule has 0 radical (unpaired) electrons. The Morgan fingerprint density at radius 1 is 1.32 bits per heavy atom. The van der Waals surface area contributed by atoms with Crippen molar-refractivity contribution in [1.82, 2.24) is 19.9 Å². The lowest BCUT2D eigenvalue weighted by Crippen LogP contribution is -2.04. The molecule has 3 rings (SSSR count). The molecule has 0 saturated carbocycles. The summed E-state index contributed by atoms with van der Waals surface area (Å²) in [6, 6.07) is 5.78. The van der Waals surface area contributed by atoms with Crippen LogP contribution in [0.4, 0.5) is 5.95 Å². The van der Waals surface area contributed by atoms with Gasteiger partial charge in [0.2, 0.25) is 5.95 Å². The summed E-state index contributed by atoms with van der Waals surface area (Å²) >= 11 is 6.28. The Bertz CT molecular complexity index is 955. The van der Waals surface area contributed by atoms with Crippen LogP contribution in [0, 0.1) is 0 Å². The Morgan fingerprint density at radius 3 is 3.00 bits per heavy atom. The molecule has 0 spiro atoms. The summed E-state index contributed by atoms with van der Waals surface area (Å²) in [5.74, 6) is 0.478. The SMILES string of the molecule is C=C/C=C(Cl)\C(=C/CC)Nc1nccc(-c2c[nH]c3ncccc23)n1. The van der Waals surface area contributed by atoms with Gasteiger partial charge in [-0.25, -0.2) is 15.0 Å². The van der Waals surface area contributed by atoms with E-state index in [0.29, 0.717) is 11.0 Å². The van der Waals surface area contributed by atoms with Crippen LogP contribution in [0.2, 0.25) is 0 Å². The van der Waals surface area contributed by atoms with Gasteiger partial charge in [0, 0.05) is 29.5 Å². The van der Waals surface area contributed by atoms with Gasteiger partial charge in [0.05, 0.1) is 16.4 Å². The molecule has 0 aliphatic rings. The number of aromatic amines is 1. The van der Waals surface area contributed by atoms with Crippen molar-refractivity contribution in [3.05, 3.63) is 72.3 Å². The van der Waals surface area contributed by atoms with Gasteiger partial charge in [-0.1, -0.05) is 37.3 Å². The van der Waals surface area contributed by atoms with Crippen LogP contribution in [-0.4, -0.2) is 19.9 Å². The number of nitrogens with zero attached hydrogens (tertiary/aromatic N) is 3. The minimum atomic E-state index is 0.478. The number of aromatic nitrogens is 4. The summed E-state index contributed by atoms with van der Waals surface area (Å²) in [6.45, 7) is 5.71. The minimum Gasteiger partial charge on any atom is -0.345 e. The molecule has 0 unspecified atom stereocenters. The molecular formula is C19H18ClN5. The summed E-state index contributed by atoms with van der Waals surface area (Å²) in [5, 5.41) is 4.75. The number of anilines is 1. The maximum Gasteiger partial charge on any atom is 0.227 e. The van der Waals surface area contributed by atoms with Crippen LogP contribution in [0.15, 0.2) is 72.3 Å². The van der Waals surface area contributed by atoms with E-state index < -0.39 is 0 Å². The molecule has 0 atom stereocenters. The Hall–Kier alpha value is -2.92. The Morgan fingerprint density at radius 2 is 2.20 bits per heavy atom. The number of halogens is 1. The highest BCUT2D eigenvalue weighted by atomic mass is 35.5. The van der Waals surface area contributed by atoms with Crippen molar-refractivity contribution in [3.63, 3.8) is 0 Å². The van der Waals surface area contributed by atoms with E-state index in [2.05, 4.69) is 31.8 Å². The third kappa shape index (κ3) is 3.78. The Kier molecular flexibility index (Phi) is 5.26. The number of pyridine rings is 1. The van der Waals surface area contributed by atoms with Crippen molar-refractivity contribution < 1.29 is 0 Å².